The SMILES string of the molecule is [2H]C([2H])([2H])c1cnc(-c2[c-]ccc3c2oc2cc(-c4ccccc4)ccc23)cc1C([2H])([2H])c1ccccc1.[2H]C([2H])(c1ccnc(-c2[c-]cc3oc4ccccc4c3c2)c1)C1CCCC1.[Ir]. The minimum Gasteiger partial charge on any atom is -0.501 e. The summed E-state index contributed by atoms with van der Waals surface area (Å²) in [6.07, 6.45) is 3.76. The van der Waals surface area contributed by atoms with Crippen LogP contribution in [-0.4, -0.2) is 9.97 Å². The van der Waals surface area contributed by atoms with Gasteiger partial charge in [0, 0.05) is 52.9 Å². The van der Waals surface area contributed by atoms with Crippen LogP contribution in [0.5, 0.6) is 0 Å². The van der Waals surface area contributed by atoms with Crippen LogP contribution in [-0.2, 0) is 32.9 Å². The molecule has 0 aliphatic heterocycles. The number of rotatable bonds is 7. The molecule has 10 aromatic rings. The molecule has 291 valence electrons. The number of aromatic nitrogens is 2. The van der Waals surface area contributed by atoms with Gasteiger partial charge in [-0.3, -0.25) is 0 Å². The maximum absolute atomic E-state index is 8.90. The number of fused-ring (bicyclic) bond motifs is 6. The monoisotopic (exact) mass is 950 g/mol. The Morgan fingerprint density at radius 1 is 0.661 bits per heavy atom. The van der Waals surface area contributed by atoms with Crippen LogP contribution in [0, 0.1) is 24.9 Å². The first kappa shape index (κ1) is 30.9. The van der Waals surface area contributed by atoms with E-state index in [2.05, 4.69) is 28.2 Å². The van der Waals surface area contributed by atoms with Crippen molar-refractivity contribution < 1.29 is 38.5 Å². The predicted molar refractivity (Wildman–Crippen MR) is 237 cm³/mol. The van der Waals surface area contributed by atoms with Gasteiger partial charge in [-0.2, -0.15) is 0 Å². The summed E-state index contributed by atoms with van der Waals surface area (Å²) in [6, 6.07) is 51.9. The molecule has 0 N–H and O–H groups in total. The maximum atomic E-state index is 8.90. The molecule has 4 aromatic heterocycles. The fourth-order valence-electron chi connectivity index (χ4n) is 7.91. The van der Waals surface area contributed by atoms with E-state index in [1.54, 1.807) is 42.6 Å². The third kappa shape index (κ3) is 8.01. The summed E-state index contributed by atoms with van der Waals surface area (Å²) >= 11 is 0. The smallest absolute Gasteiger partial charge is 0.121 e. The Morgan fingerprint density at radius 2 is 1.46 bits per heavy atom. The number of furan rings is 2. The molecular formula is C54H42IrN2O2-2. The van der Waals surface area contributed by atoms with Crippen LogP contribution >= 0.6 is 0 Å². The van der Waals surface area contributed by atoms with E-state index in [4.69, 9.17) is 18.4 Å². The van der Waals surface area contributed by atoms with Gasteiger partial charge in [0.25, 0.3) is 0 Å². The second kappa shape index (κ2) is 17.0. The van der Waals surface area contributed by atoms with E-state index in [-0.39, 0.29) is 37.2 Å². The minimum absolute atomic E-state index is 0. The first-order valence-corrected chi connectivity index (χ1v) is 19.7. The van der Waals surface area contributed by atoms with Crippen LogP contribution < -0.4 is 0 Å². The molecule has 1 fully saturated rings. The number of hydrogen-bond donors (Lipinski definition) is 0. The largest absolute Gasteiger partial charge is 0.501 e. The molecule has 0 unspecified atom stereocenters. The normalized spacial score (nSPS) is 15.3. The molecule has 11 rings (SSSR count). The molecule has 59 heavy (non-hydrogen) atoms. The van der Waals surface area contributed by atoms with Crippen LogP contribution in [0.3, 0.4) is 0 Å². The molecule has 1 aliphatic carbocycles. The van der Waals surface area contributed by atoms with Crippen molar-refractivity contribution in [3.63, 3.8) is 0 Å². The zero-order valence-corrected chi connectivity index (χ0v) is 34.4. The molecule has 0 saturated heterocycles. The minimum atomic E-state index is -2.54. The predicted octanol–water partition coefficient (Wildman–Crippen LogP) is 14.2. The Balaban J connectivity index is 0.000000172. The average Bonchev–Trinajstić information content (AvgIpc) is 4.10. The molecule has 0 bridgehead atoms. The zero-order valence-electron chi connectivity index (χ0n) is 39.0. The van der Waals surface area contributed by atoms with Crippen molar-refractivity contribution in [3.05, 3.63) is 192 Å². The number of para-hydroxylation sites is 1. The van der Waals surface area contributed by atoms with Gasteiger partial charge in [-0.25, -0.2) is 0 Å². The number of benzene rings is 6. The van der Waals surface area contributed by atoms with Crippen LogP contribution in [0.1, 0.15) is 57.5 Å². The van der Waals surface area contributed by atoms with Crippen LogP contribution in [0.2, 0.25) is 0 Å². The van der Waals surface area contributed by atoms with Gasteiger partial charge in [0.05, 0.1) is 11.2 Å². The van der Waals surface area contributed by atoms with E-state index in [0.717, 1.165) is 80.8 Å². The van der Waals surface area contributed by atoms with Gasteiger partial charge < -0.3 is 18.8 Å². The van der Waals surface area contributed by atoms with Gasteiger partial charge in [-0.05, 0) is 82.9 Å². The van der Waals surface area contributed by atoms with E-state index in [0.29, 0.717) is 33.6 Å². The average molecular weight is 950 g/mol. The van der Waals surface area contributed by atoms with Gasteiger partial charge in [0.2, 0.25) is 0 Å². The topological polar surface area (TPSA) is 52.1 Å². The summed E-state index contributed by atoms with van der Waals surface area (Å²) < 4.78 is 71.4. The standard InChI is InChI=1S/C31H22NO.C23H20NO.Ir/c1-21-20-32-29(18-25(21)17-22-9-4-2-5-10-22)28-14-8-13-27-26-16-15-24(19-30(26)33-31(27)28)23-11-6-3-7-12-23;1-2-6-16(5-1)13-17-11-12-24-21(14-17)18-9-10-23-20(15-18)19-7-3-4-8-22(19)25-23;/h2-13,15-16,18-20H,17H2,1H3;3-4,7-8,10-12,14-16H,1-2,5-6,13H2;/q2*-1;/i1D3,17D2;13D2;. The van der Waals surface area contributed by atoms with Gasteiger partial charge >= 0.3 is 0 Å². The molecule has 0 amide bonds. The zero-order chi connectivity index (χ0) is 44.9. The summed E-state index contributed by atoms with van der Waals surface area (Å²) in [5.74, 6) is 0.0945. The third-order valence-electron chi connectivity index (χ3n) is 10.8. The quantitative estimate of drug-likeness (QED) is 0.149. The number of aryl methyl sites for hydroxylation is 1. The van der Waals surface area contributed by atoms with Crippen molar-refractivity contribution in [2.24, 2.45) is 5.92 Å². The van der Waals surface area contributed by atoms with Crippen molar-refractivity contribution in [3.8, 4) is 33.6 Å². The molecule has 5 heteroatoms. The van der Waals surface area contributed by atoms with Crippen molar-refractivity contribution >= 4 is 43.9 Å². The number of hydrogen-bond acceptors (Lipinski definition) is 4. The Labute approximate surface area is 368 Å². The first-order valence-electron chi connectivity index (χ1n) is 23.2. The van der Waals surface area contributed by atoms with Crippen LogP contribution in [0.4, 0.5) is 0 Å². The van der Waals surface area contributed by atoms with E-state index in [1.807, 2.05) is 97.1 Å². The van der Waals surface area contributed by atoms with Crippen molar-refractivity contribution in [2.45, 2.75) is 45.3 Å². The summed E-state index contributed by atoms with van der Waals surface area (Å²) in [5, 5.41) is 3.92. The van der Waals surface area contributed by atoms with E-state index in [1.165, 1.54) is 12.3 Å². The van der Waals surface area contributed by atoms with Crippen LogP contribution in [0.15, 0.2) is 167 Å². The summed E-state index contributed by atoms with van der Waals surface area (Å²) in [5.41, 5.74) is 8.58. The molecular weight excluding hydrogens is 901 g/mol. The molecule has 1 aliphatic rings. The molecule has 6 aromatic carbocycles. The van der Waals surface area contributed by atoms with Gasteiger partial charge in [0.15, 0.2) is 0 Å². The maximum Gasteiger partial charge on any atom is 0.121 e. The fraction of sp³-hybridized carbons (Fsp3) is 0.148. The summed E-state index contributed by atoms with van der Waals surface area (Å²) in [6.45, 7) is -2.54. The van der Waals surface area contributed by atoms with Crippen LogP contribution in [0.25, 0.3) is 77.5 Å². The van der Waals surface area contributed by atoms with E-state index < -0.39 is 19.6 Å². The van der Waals surface area contributed by atoms with Gasteiger partial charge in [-0.15, -0.1) is 42.0 Å². The fourth-order valence-corrected chi connectivity index (χ4v) is 7.91. The molecule has 4 heterocycles. The second-order valence-electron chi connectivity index (χ2n) is 14.7. The second-order valence-corrected chi connectivity index (χ2v) is 14.7. The third-order valence-corrected chi connectivity index (χ3v) is 10.8. The van der Waals surface area contributed by atoms with E-state index >= 15 is 0 Å². The van der Waals surface area contributed by atoms with Crippen molar-refractivity contribution in [1.29, 1.82) is 0 Å². The Kier molecular flexibility index (Phi) is 8.89. The molecule has 0 spiro atoms. The van der Waals surface area contributed by atoms with Gasteiger partial charge in [-0.1, -0.05) is 151 Å². The summed E-state index contributed by atoms with van der Waals surface area (Å²) in [4.78, 5) is 8.94. The molecule has 0 atom stereocenters. The van der Waals surface area contributed by atoms with Gasteiger partial charge in [0.1, 0.15) is 11.2 Å². The number of pyridine rings is 2. The molecule has 1 radical (unpaired) electrons. The summed E-state index contributed by atoms with van der Waals surface area (Å²) in [7, 11) is 0. The Hall–Kier alpha value is -6.13. The molecule has 1 saturated carbocycles. The Morgan fingerprint density at radius 3 is 2.31 bits per heavy atom. The Bertz CT molecular complexity index is 3340. The van der Waals surface area contributed by atoms with Crippen molar-refractivity contribution in [1.82, 2.24) is 9.97 Å². The van der Waals surface area contributed by atoms with Crippen molar-refractivity contribution in [2.75, 3.05) is 0 Å². The van der Waals surface area contributed by atoms with E-state index in [9.17, 15) is 0 Å². The molecule has 4 nitrogen and oxygen atoms in total. The number of nitrogens with zero attached hydrogens (tertiary/aromatic N) is 2. The first-order chi connectivity index (χ1) is 31.4.